The quantitative estimate of drug-likeness (QED) is 0.727. The molecule has 1 saturated carbocycles. The van der Waals surface area contributed by atoms with Crippen LogP contribution in [0.4, 0.5) is 17.6 Å². The minimum Gasteiger partial charge on any atom is -0.304 e. The van der Waals surface area contributed by atoms with E-state index in [-0.39, 0.29) is 12.0 Å². The summed E-state index contributed by atoms with van der Waals surface area (Å²) in [6.07, 6.45) is 0.682. The van der Waals surface area contributed by atoms with Crippen LogP contribution in [0.25, 0.3) is 0 Å². The van der Waals surface area contributed by atoms with E-state index in [4.69, 9.17) is 0 Å². The Morgan fingerprint density at radius 2 is 1.94 bits per heavy atom. The predicted octanol–water partition coefficient (Wildman–Crippen LogP) is 3.33. The lowest BCUT2D eigenvalue weighted by Gasteiger charge is -2.24. The number of fused-ring (bicyclic) bond motifs is 3. The highest BCUT2D eigenvalue weighted by Gasteiger charge is 2.84. The third-order valence-corrected chi connectivity index (χ3v) is 3.74. The Bertz CT molecular complexity index is 460. The fraction of sp³-hybridized carbons (Fsp3) is 0.500. The van der Waals surface area contributed by atoms with E-state index in [1.807, 2.05) is 0 Å². The number of hydrogen-bond donors (Lipinski definition) is 0. The van der Waals surface area contributed by atoms with E-state index in [0.717, 1.165) is 0 Å². The van der Waals surface area contributed by atoms with Gasteiger partial charge in [-0.25, -0.2) is 8.78 Å². The fourth-order valence-electron chi connectivity index (χ4n) is 2.96. The summed E-state index contributed by atoms with van der Waals surface area (Å²) in [6.45, 7) is -3.18. The molecule has 3 rings (SSSR count). The van der Waals surface area contributed by atoms with Crippen molar-refractivity contribution in [2.75, 3.05) is 0 Å². The van der Waals surface area contributed by atoms with E-state index < -0.39 is 24.1 Å². The summed E-state index contributed by atoms with van der Waals surface area (Å²) in [7, 11) is 0. The zero-order valence-electron chi connectivity index (χ0n) is 8.80. The van der Waals surface area contributed by atoms with Gasteiger partial charge in [0.25, 0.3) is 5.92 Å². The Balaban J connectivity index is 2.11. The first-order valence-corrected chi connectivity index (χ1v) is 5.42. The molecule has 0 N–H and O–H groups in total. The number of benzene rings is 1. The highest BCUT2D eigenvalue weighted by molar-refractivity contribution is 5.46. The van der Waals surface area contributed by atoms with Crippen LogP contribution in [-0.2, 0) is 16.8 Å². The first kappa shape index (κ1) is 11.0. The van der Waals surface area contributed by atoms with Crippen LogP contribution in [0.2, 0.25) is 0 Å². The zero-order valence-corrected chi connectivity index (χ0v) is 8.80. The Kier molecular flexibility index (Phi) is 2.09. The monoisotopic (exact) mass is 246 g/mol. The van der Waals surface area contributed by atoms with Crippen LogP contribution in [0.3, 0.4) is 0 Å². The van der Waals surface area contributed by atoms with Crippen LogP contribution in [0.1, 0.15) is 17.5 Å². The fourth-order valence-corrected chi connectivity index (χ4v) is 2.96. The summed E-state index contributed by atoms with van der Waals surface area (Å²) >= 11 is 0. The molecule has 0 aliphatic heterocycles. The molecule has 0 spiro atoms. The molecule has 2 aliphatic carbocycles. The minimum atomic E-state index is -3.18. The van der Waals surface area contributed by atoms with Gasteiger partial charge in [-0.1, -0.05) is 24.3 Å². The molecule has 0 amide bonds. The summed E-state index contributed by atoms with van der Waals surface area (Å²) in [6, 6.07) is 6.45. The number of hydrogen-bond acceptors (Lipinski definition) is 1. The SMILES string of the molecule is FC(F)OC12c3ccccc3CCC1C2(F)F. The average Bonchev–Trinajstić information content (AvgIpc) is 2.75. The number of rotatable bonds is 2. The molecule has 1 aromatic carbocycles. The molecule has 0 bridgehead atoms. The summed E-state index contributed by atoms with van der Waals surface area (Å²) in [4.78, 5) is 0. The van der Waals surface area contributed by atoms with E-state index in [0.29, 0.717) is 12.0 Å². The molecule has 0 heterocycles. The second kappa shape index (κ2) is 3.22. The number of alkyl halides is 4. The van der Waals surface area contributed by atoms with Gasteiger partial charge >= 0.3 is 6.61 Å². The van der Waals surface area contributed by atoms with E-state index in [1.54, 1.807) is 18.2 Å². The maximum Gasteiger partial charge on any atom is 0.346 e. The lowest BCUT2D eigenvalue weighted by atomic mass is 9.89. The maximum absolute atomic E-state index is 13.7. The van der Waals surface area contributed by atoms with Crippen molar-refractivity contribution in [1.82, 2.24) is 0 Å². The van der Waals surface area contributed by atoms with E-state index in [9.17, 15) is 17.6 Å². The van der Waals surface area contributed by atoms with Crippen LogP contribution >= 0.6 is 0 Å². The summed E-state index contributed by atoms with van der Waals surface area (Å²) in [5, 5.41) is 0. The molecule has 1 fully saturated rings. The van der Waals surface area contributed by atoms with Gasteiger partial charge in [-0.05, 0) is 24.0 Å². The molecule has 2 aliphatic rings. The third kappa shape index (κ3) is 1.23. The standard InChI is InChI=1S/C12H10F4O/c13-10(14)17-11-8-4-2-1-3-7(8)5-6-9(11)12(11,15)16/h1-4,9-10H,5-6H2. The van der Waals surface area contributed by atoms with Crippen molar-refractivity contribution in [2.45, 2.75) is 31.0 Å². The summed E-state index contributed by atoms with van der Waals surface area (Å²) < 4.78 is 56.5. The normalized spacial score (nSPS) is 33.1. The van der Waals surface area contributed by atoms with Gasteiger partial charge in [0.15, 0.2) is 5.60 Å². The van der Waals surface area contributed by atoms with E-state index in [2.05, 4.69) is 4.74 Å². The highest BCUT2D eigenvalue weighted by Crippen LogP contribution is 2.71. The van der Waals surface area contributed by atoms with Crippen LogP contribution in [0.15, 0.2) is 24.3 Å². The first-order chi connectivity index (χ1) is 8.00. The number of aryl methyl sites for hydroxylation is 1. The van der Waals surface area contributed by atoms with Crippen LogP contribution in [-0.4, -0.2) is 12.5 Å². The van der Waals surface area contributed by atoms with Gasteiger partial charge in [0.2, 0.25) is 0 Å². The third-order valence-electron chi connectivity index (χ3n) is 3.74. The number of ether oxygens (including phenoxy) is 1. The molecular weight excluding hydrogens is 236 g/mol. The van der Waals surface area contributed by atoms with Crippen molar-refractivity contribution in [1.29, 1.82) is 0 Å². The van der Waals surface area contributed by atoms with Crippen LogP contribution in [0, 0.1) is 5.92 Å². The van der Waals surface area contributed by atoms with Gasteiger partial charge in [-0.15, -0.1) is 0 Å². The van der Waals surface area contributed by atoms with Gasteiger partial charge in [-0.3, -0.25) is 0 Å². The smallest absolute Gasteiger partial charge is 0.304 e. The molecule has 0 aromatic heterocycles. The Labute approximate surface area is 95.4 Å². The summed E-state index contributed by atoms with van der Waals surface area (Å²) in [5.41, 5.74) is -1.18. The second-order valence-electron chi connectivity index (χ2n) is 4.49. The lowest BCUT2D eigenvalue weighted by molar-refractivity contribution is -0.205. The van der Waals surface area contributed by atoms with Gasteiger partial charge < -0.3 is 4.74 Å². The molecule has 2 unspecified atom stereocenters. The largest absolute Gasteiger partial charge is 0.346 e. The molecule has 5 heteroatoms. The van der Waals surface area contributed by atoms with Gasteiger partial charge in [0, 0.05) is 0 Å². The Hall–Kier alpha value is -1.10. The predicted molar refractivity (Wildman–Crippen MR) is 52.0 cm³/mol. The Morgan fingerprint density at radius 3 is 2.65 bits per heavy atom. The van der Waals surface area contributed by atoms with Crippen LogP contribution < -0.4 is 0 Å². The maximum atomic E-state index is 13.7. The summed E-state index contributed by atoms with van der Waals surface area (Å²) in [5.74, 6) is -4.30. The zero-order chi connectivity index (χ0) is 12.3. The van der Waals surface area contributed by atoms with Crippen molar-refractivity contribution in [3.8, 4) is 0 Å². The van der Waals surface area contributed by atoms with Crippen molar-refractivity contribution < 1.29 is 22.3 Å². The molecule has 0 saturated heterocycles. The van der Waals surface area contributed by atoms with Crippen molar-refractivity contribution in [3.05, 3.63) is 35.4 Å². The van der Waals surface area contributed by atoms with Gasteiger partial charge in [0.1, 0.15) is 0 Å². The number of halogens is 4. The molecular formula is C12H10F4O. The van der Waals surface area contributed by atoms with Crippen molar-refractivity contribution in [3.63, 3.8) is 0 Å². The molecule has 1 aromatic rings. The van der Waals surface area contributed by atoms with Gasteiger partial charge in [0.05, 0.1) is 5.92 Å². The highest BCUT2D eigenvalue weighted by atomic mass is 19.3. The topological polar surface area (TPSA) is 9.23 Å². The first-order valence-electron chi connectivity index (χ1n) is 5.42. The molecule has 92 valence electrons. The minimum absolute atomic E-state index is 0.191. The van der Waals surface area contributed by atoms with Crippen molar-refractivity contribution >= 4 is 0 Å². The second-order valence-corrected chi connectivity index (χ2v) is 4.49. The van der Waals surface area contributed by atoms with Gasteiger partial charge in [-0.2, -0.15) is 8.78 Å². The van der Waals surface area contributed by atoms with E-state index in [1.165, 1.54) is 6.07 Å². The Morgan fingerprint density at radius 1 is 1.24 bits per heavy atom. The van der Waals surface area contributed by atoms with Crippen molar-refractivity contribution in [2.24, 2.45) is 5.92 Å². The van der Waals surface area contributed by atoms with E-state index >= 15 is 0 Å². The molecule has 0 radical (unpaired) electrons. The lowest BCUT2D eigenvalue weighted by Crippen LogP contribution is -2.27. The molecule has 2 atom stereocenters. The average molecular weight is 246 g/mol. The molecule has 17 heavy (non-hydrogen) atoms. The van der Waals surface area contributed by atoms with Crippen LogP contribution in [0.5, 0.6) is 0 Å². The molecule has 1 nitrogen and oxygen atoms in total.